The lowest BCUT2D eigenvalue weighted by Crippen LogP contribution is -2.45. The lowest BCUT2D eigenvalue weighted by atomic mass is 10.1. The zero-order chi connectivity index (χ0) is 19.6. The van der Waals surface area contributed by atoms with Crippen molar-refractivity contribution in [1.82, 2.24) is 19.1 Å². The van der Waals surface area contributed by atoms with Crippen molar-refractivity contribution in [1.29, 1.82) is 0 Å². The second-order valence-corrected chi connectivity index (χ2v) is 8.12. The van der Waals surface area contributed by atoms with Gasteiger partial charge in [-0.2, -0.15) is 0 Å². The Balaban J connectivity index is 2.60. The van der Waals surface area contributed by atoms with Gasteiger partial charge in [-0.25, -0.2) is 4.39 Å². The van der Waals surface area contributed by atoms with Crippen molar-refractivity contribution in [2.75, 3.05) is 28.2 Å². The molecule has 1 N–H and O–H groups in total. The molecule has 2 unspecified atom stereocenters. The first-order chi connectivity index (χ1) is 12.1. The number of aromatic nitrogens is 1. The first-order valence-corrected chi connectivity index (χ1v) is 11.2. The molecule has 1 aromatic rings. The third kappa shape index (κ3) is 4.43. The molecular weight excluding hydrogens is 470 g/mol. The van der Waals surface area contributed by atoms with Crippen molar-refractivity contribution in [3.8, 4) is 0 Å². The molecule has 0 fully saturated rings. The molecule has 1 heterocycles. The molecule has 2 atom stereocenters. The first-order valence-electron chi connectivity index (χ1n) is 7.91. The lowest BCUT2D eigenvalue weighted by molar-refractivity contribution is -0.119. The third-order valence-electron chi connectivity index (χ3n) is 3.81. The van der Waals surface area contributed by atoms with Crippen molar-refractivity contribution in [2.24, 2.45) is 0 Å². The SMILES string of the molecule is CC(=O)NC1C=c2c(cc(C(=O)/C(=C/N(C)C)N(C)C)n2SI)=CC1F. The van der Waals surface area contributed by atoms with E-state index in [1.807, 2.05) is 14.1 Å². The number of halogens is 2. The van der Waals surface area contributed by atoms with Crippen molar-refractivity contribution in [2.45, 2.75) is 19.1 Å². The van der Waals surface area contributed by atoms with Crippen LogP contribution in [0.5, 0.6) is 0 Å². The molecule has 0 saturated heterocycles. The van der Waals surface area contributed by atoms with Gasteiger partial charge in [-0.3, -0.25) is 13.6 Å². The molecular formula is C17H22FIN4O2S. The molecule has 9 heteroatoms. The Morgan fingerprint density at radius 3 is 2.46 bits per heavy atom. The highest BCUT2D eigenvalue weighted by molar-refractivity contribution is 14.2. The number of fused-ring (bicyclic) bond motifs is 1. The number of carbonyl (C=O) groups excluding carboxylic acids is 2. The van der Waals surface area contributed by atoms with Crippen LogP contribution in [0.1, 0.15) is 17.4 Å². The normalized spacial score (nSPS) is 19.1. The summed E-state index contributed by atoms with van der Waals surface area (Å²) in [6.45, 7) is 1.35. The molecule has 1 aliphatic rings. The maximum Gasteiger partial charge on any atom is 0.227 e. The van der Waals surface area contributed by atoms with Crippen molar-refractivity contribution in [3.05, 3.63) is 34.2 Å². The minimum absolute atomic E-state index is 0.157. The Hall–Kier alpha value is -1.49. The summed E-state index contributed by atoms with van der Waals surface area (Å²) in [7, 11) is 8.64. The van der Waals surface area contributed by atoms with E-state index in [-0.39, 0.29) is 11.7 Å². The number of nitrogens with one attached hydrogen (secondary N) is 1. The van der Waals surface area contributed by atoms with E-state index >= 15 is 0 Å². The quantitative estimate of drug-likeness (QED) is 0.364. The number of hydrogen-bond acceptors (Lipinski definition) is 5. The highest BCUT2D eigenvalue weighted by atomic mass is 127. The third-order valence-corrected chi connectivity index (χ3v) is 5.52. The molecule has 6 nitrogen and oxygen atoms in total. The first kappa shape index (κ1) is 20.8. The van der Waals surface area contributed by atoms with Crippen molar-refractivity contribution >= 4 is 54.2 Å². The van der Waals surface area contributed by atoms with E-state index in [1.165, 1.54) is 22.1 Å². The molecule has 0 aromatic carbocycles. The Kier molecular flexibility index (Phi) is 6.78. The van der Waals surface area contributed by atoms with Crippen molar-refractivity contribution in [3.63, 3.8) is 0 Å². The van der Waals surface area contributed by atoms with Gasteiger partial charge < -0.3 is 15.1 Å². The number of nitrogens with zero attached hydrogens (tertiary/aromatic N) is 3. The molecule has 1 aromatic heterocycles. The fraction of sp³-hybridized carbons (Fsp3) is 0.412. The van der Waals surface area contributed by atoms with Crippen LogP contribution in [0, 0.1) is 0 Å². The summed E-state index contributed by atoms with van der Waals surface area (Å²) in [6.07, 6.45) is 3.52. The standard InChI is InChI=1S/C17H22FIN4O2S/c1-10(24)20-13-8-14-11(6-12(13)18)7-15(23(14)26-19)17(25)16(22(4)5)9-21(2)3/h6-9,12-13H,1-5H3,(H,20,24)/b16-9-. The van der Waals surface area contributed by atoms with Crippen LogP contribution in [0.4, 0.5) is 4.39 Å². The van der Waals surface area contributed by atoms with Crippen LogP contribution in [-0.2, 0) is 4.79 Å². The number of rotatable bonds is 6. The predicted molar refractivity (Wildman–Crippen MR) is 112 cm³/mol. The fourth-order valence-electron chi connectivity index (χ4n) is 2.70. The number of likely N-dealkylation sites (N-methyl/N-ethyl adjacent to an activating group) is 1. The van der Waals surface area contributed by atoms with Crippen LogP contribution in [-0.4, -0.2) is 65.9 Å². The second-order valence-electron chi connectivity index (χ2n) is 6.44. The molecule has 0 aliphatic heterocycles. The van der Waals surface area contributed by atoms with Gasteiger partial charge in [-0.1, -0.05) is 0 Å². The summed E-state index contributed by atoms with van der Waals surface area (Å²) in [5.41, 5.74) is 0.978. The summed E-state index contributed by atoms with van der Waals surface area (Å²) in [6, 6.07) is 0.953. The summed E-state index contributed by atoms with van der Waals surface area (Å²) >= 11 is 2.09. The predicted octanol–water partition coefficient (Wildman–Crippen LogP) is 0.899. The van der Waals surface area contributed by atoms with Gasteiger partial charge in [0, 0.05) is 76.9 Å². The molecule has 0 saturated carbocycles. The average molecular weight is 492 g/mol. The maximum atomic E-state index is 14.4. The topological polar surface area (TPSA) is 57.6 Å². The molecule has 0 spiro atoms. The van der Waals surface area contributed by atoms with Gasteiger partial charge in [0.25, 0.3) is 0 Å². The monoisotopic (exact) mass is 492 g/mol. The van der Waals surface area contributed by atoms with E-state index in [4.69, 9.17) is 0 Å². The van der Waals surface area contributed by atoms with Crippen LogP contribution in [0.3, 0.4) is 0 Å². The number of Topliss-reactive ketones (excluding diaryl/α,β-unsaturated/α-hetero) is 1. The number of allylic oxidation sites excluding steroid dienone is 1. The molecule has 1 aliphatic carbocycles. The minimum atomic E-state index is -1.34. The zero-order valence-corrected chi connectivity index (χ0v) is 18.3. The highest BCUT2D eigenvalue weighted by Crippen LogP contribution is 2.19. The van der Waals surface area contributed by atoms with Crippen LogP contribution in [0.15, 0.2) is 18.0 Å². The van der Waals surface area contributed by atoms with Gasteiger partial charge in [-0.05, 0) is 18.2 Å². The van der Waals surface area contributed by atoms with Crippen LogP contribution < -0.4 is 15.9 Å². The molecule has 142 valence electrons. The summed E-state index contributed by atoms with van der Waals surface area (Å²) < 4.78 is 16.1. The molecule has 26 heavy (non-hydrogen) atoms. The molecule has 2 rings (SSSR count). The van der Waals surface area contributed by atoms with Gasteiger partial charge in [0.15, 0.2) is 0 Å². The fourth-order valence-corrected chi connectivity index (χ4v) is 4.43. The second kappa shape index (κ2) is 8.47. The lowest BCUT2D eigenvalue weighted by Gasteiger charge is -2.19. The van der Waals surface area contributed by atoms with E-state index in [0.717, 1.165) is 0 Å². The van der Waals surface area contributed by atoms with Gasteiger partial charge >= 0.3 is 0 Å². The Morgan fingerprint density at radius 1 is 1.31 bits per heavy atom. The van der Waals surface area contributed by atoms with E-state index in [9.17, 15) is 14.0 Å². The largest absolute Gasteiger partial charge is 0.382 e. The van der Waals surface area contributed by atoms with E-state index < -0.39 is 12.2 Å². The van der Waals surface area contributed by atoms with Crippen molar-refractivity contribution < 1.29 is 14.0 Å². The van der Waals surface area contributed by atoms with Crippen LogP contribution in [0.25, 0.3) is 12.2 Å². The molecule has 0 bridgehead atoms. The van der Waals surface area contributed by atoms with E-state index in [0.29, 0.717) is 22.0 Å². The number of alkyl halides is 1. The highest BCUT2D eigenvalue weighted by Gasteiger charge is 2.25. The molecule has 0 radical (unpaired) electrons. The average Bonchev–Trinajstić information content (AvgIpc) is 2.88. The summed E-state index contributed by atoms with van der Waals surface area (Å²) in [5.74, 6) is -0.457. The minimum Gasteiger partial charge on any atom is -0.382 e. The van der Waals surface area contributed by atoms with Gasteiger partial charge in [0.2, 0.25) is 11.7 Å². The Bertz CT molecular complexity index is 863. The van der Waals surface area contributed by atoms with Crippen LogP contribution >= 0.6 is 30.3 Å². The number of carbonyl (C=O) groups is 2. The summed E-state index contributed by atoms with van der Waals surface area (Å²) in [5, 5.41) is 3.95. The smallest absolute Gasteiger partial charge is 0.227 e. The Morgan fingerprint density at radius 2 is 1.96 bits per heavy atom. The van der Waals surface area contributed by atoms with Gasteiger partial charge in [0.1, 0.15) is 17.6 Å². The van der Waals surface area contributed by atoms with Gasteiger partial charge in [-0.15, -0.1) is 0 Å². The number of ketones is 1. The molecule has 1 amide bonds. The summed E-state index contributed by atoms with van der Waals surface area (Å²) in [4.78, 5) is 28.0. The maximum absolute atomic E-state index is 14.4. The van der Waals surface area contributed by atoms with Gasteiger partial charge in [0.05, 0.1) is 11.4 Å². The van der Waals surface area contributed by atoms with E-state index in [1.54, 1.807) is 46.2 Å². The van der Waals surface area contributed by atoms with E-state index in [2.05, 4.69) is 26.5 Å². The zero-order valence-electron chi connectivity index (χ0n) is 15.3. The number of hydrogen-bond donors (Lipinski definition) is 1. The number of amides is 1. The van der Waals surface area contributed by atoms with Crippen LogP contribution in [0.2, 0.25) is 0 Å². The Labute approximate surface area is 168 Å².